The Labute approximate surface area is 170 Å². The van der Waals surface area contributed by atoms with E-state index in [1.54, 1.807) is 12.4 Å². The maximum absolute atomic E-state index is 13.1. The van der Waals surface area contributed by atoms with Gasteiger partial charge in [0.1, 0.15) is 0 Å². The zero-order chi connectivity index (χ0) is 19.9. The van der Waals surface area contributed by atoms with Crippen LogP contribution in [0.1, 0.15) is 54.0 Å². The van der Waals surface area contributed by atoms with Gasteiger partial charge in [0.2, 0.25) is 0 Å². The number of hydrogen-bond acceptors (Lipinski definition) is 3. The second-order valence-electron chi connectivity index (χ2n) is 6.67. The molecule has 1 amide bonds. The average molecular weight is 397 g/mol. The van der Waals surface area contributed by atoms with Gasteiger partial charge in [0.05, 0.1) is 27.7 Å². The molecule has 0 spiro atoms. The minimum atomic E-state index is -0.0954. The number of rotatable bonds is 8. The molecule has 0 atom stereocenters. The fraction of sp³-hybridized carbons (Fsp3) is 0.318. The van der Waals surface area contributed by atoms with Gasteiger partial charge in [0.25, 0.3) is 5.91 Å². The summed E-state index contributed by atoms with van der Waals surface area (Å²) < 4.78 is 1.85. The molecule has 2 aromatic heterocycles. The molecular weight excluding hydrogens is 372 g/mol. The molecule has 0 unspecified atom stereocenters. The van der Waals surface area contributed by atoms with E-state index in [2.05, 4.69) is 24.1 Å². The number of nitrogens with zero attached hydrogens (tertiary/aromatic N) is 3. The van der Waals surface area contributed by atoms with Gasteiger partial charge in [0.15, 0.2) is 0 Å². The molecule has 0 aliphatic heterocycles. The summed E-state index contributed by atoms with van der Waals surface area (Å²) in [6.07, 6.45) is 6.76. The third kappa shape index (κ3) is 4.42. The number of aryl methyl sites for hydroxylation is 1. The standard InChI is InChI=1S/C22H25ClN4O/c1-3-7-18-21(22(28)25-15-16-11-13-24-14-12-16)20(8-4-2)27(26-18)19-10-6-5-9-17(19)23/h5-6,9-14H,3-4,7-8,15H2,1-2H3,(H,25,28). The van der Waals surface area contributed by atoms with Gasteiger partial charge in [-0.25, -0.2) is 4.68 Å². The number of benzene rings is 1. The van der Waals surface area contributed by atoms with E-state index >= 15 is 0 Å². The molecule has 1 N–H and O–H groups in total. The predicted octanol–water partition coefficient (Wildman–Crippen LogP) is 4.76. The van der Waals surface area contributed by atoms with Crippen LogP contribution in [-0.4, -0.2) is 20.7 Å². The SMILES string of the molecule is CCCc1nn(-c2ccccc2Cl)c(CCC)c1C(=O)NCc1ccncc1. The van der Waals surface area contributed by atoms with Crippen molar-refractivity contribution in [3.63, 3.8) is 0 Å². The summed E-state index contributed by atoms with van der Waals surface area (Å²) in [5.74, 6) is -0.0954. The highest BCUT2D eigenvalue weighted by Crippen LogP contribution is 2.26. The van der Waals surface area contributed by atoms with Crippen LogP contribution >= 0.6 is 11.6 Å². The van der Waals surface area contributed by atoms with E-state index in [1.807, 2.05) is 41.1 Å². The minimum Gasteiger partial charge on any atom is -0.348 e. The highest BCUT2D eigenvalue weighted by Gasteiger charge is 2.24. The molecule has 0 aliphatic carbocycles. The first-order valence-electron chi connectivity index (χ1n) is 9.68. The molecule has 28 heavy (non-hydrogen) atoms. The smallest absolute Gasteiger partial charge is 0.255 e. The van der Waals surface area contributed by atoms with Gasteiger partial charge in [0, 0.05) is 18.9 Å². The zero-order valence-corrected chi connectivity index (χ0v) is 17.0. The lowest BCUT2D eigenvalue weighted by atomic mass is 10.1. The number of carbonyl (C=O) groups is 1. The van der Waals surface area contributed by atoms with E-state index in [0.717, 1.165) is 48.3 Å². The first-order chi connectivity index (χ1) is 13.7. The molecule has 0 saturated carbocycles. The van der Waals surface area contributed by atoms with Gasteiger partial charge in [-0.15, -0.1) is 0 Å². The second-order valence-corrected chi connectivity index (χ2v) is 7.08. The molecule has 0 radical (unpaired) electrons. The Bertz CT molecular complexity index is 937. The van der Waals surface area contributed by atoms with Crippen LogP contribution in [0.3, 0.4) is 0 Å². The summed E-state index contributed by atoms with van der Waals surface area (Å²) in [5, 5.41) is 8.45. The van der Waals surface area contributed by atoms with Crippen molar-refractivity contribution < 1.29 is 4.79 Å². The Morgan fingerprint density at radius 3 is 2.46 bits per heavy atom. The summed E-state index contributed by atoms with van der Waals surface area (Å²) in [7, 11) is 0. The quantitative estimate of drug-likeness (QED) is 0.597. The van der Waals surface area contributed by atoms with Crippen LogP contribution in [0.5, 0.6) is 0 Å². The van der Waals surface area contributed by atoms with Gasteiger partial charge in [-0.05, 0) is 42.7 Å². The van der Waals surface area contributed by atoms with Crippen molar-refractivity contribution in [1.82, 2.24) is 20.1 Å². The Kier molecular flexibility index (Phi) is 6.82. The van der Waals surface area contributed by atoms with Crippen LogP contribution in [0.4, 0.5) is 0 Å². The number of aromatic nitrogens is 3. The predicted molar refractivity (Wildman–Crippen MR) is 112 cm³/mol. The fourth-order valence-corrected chi connectivity index (χ4v) is 3.46. The number of amides is 1. The summed E-state index contributed by atoms with van der Waals surface area (Å²) in [6, 6.07) is 11.4. The van der Waals surface area contributed by atoms with Crippen LogP contribution in [-0.2, 0) is 19.4 Å². The second kappa shape index (κ2) is 9.51. The van der Waals surface area contributed by atoms with E-state index in [0.29, 0.717) is 17.1 Å². The van der Waals surface area contributed by atoms with Gasteiger partial charge >= 0.3 is 0 Å². The lowest BCUT2D eigenvalue weighted by Crippen LogP contribution is -2.25. The maximum atomic E-state index is 13.1. The number of hydrogen-bond donors (Lipinski definition) is 1. The van der Waals surface area contributed by atoms with Crippen molar-refractivity contribution >= 4 is 17.5 Å². The maximum Gasteiger partial charge on any atom is 0.255 e. The monoisotopic (exact) mass is 396 g/mol. The number of nitrogens with one attached hydrogen (secondary N) is 1. The molecule has 0 bridgehead atoms. The van der Waals surface area contributed by atoms with Gasteiger partial charge in [-0.3, -0.25) is 9.78 Å². The average Bonchev–Trinajstić information content (AvgIpc) is 3.06. The van der Waals surface area contributed by atoms with Crippen LogP contribution in [0.2, 0.25) is 5.02 Å². The molecule has 6 heteroatoms. The molecule has 0 aliphatic rings. The Balaban J connectivity index is 2.00. The van der Waals surface area contributed by atoms with E-state index in [9.17, 15) is 4.79 Å². The third-order valence-corrected chi connectivity index (χ3v) is 4.86. The Hall–Kier alpha value is -2.66. The van der Waals surface area contributed by atoms with E-state index < -0.39 is 0 Å². The van der Waals surface area contributed by atoms with Gasteiger partial charge in [-0.2, -0.15) is 5.10 Å². The lowest BCUT2D eigenvalue weighted by molar-refractivity contribution is 0.0949. The molecule has 0 fully saturated rings. The molecule has 146 valence electrons. The van der Waals surface area contributed by atoms with Crippen molar-refractivity contribution in [2.24, 2.45) is 0 Å². The number of para-hydroxylation sites is 1. The van der Waals surface area contributed by atoms with Crippen LogP contribution in [0.15, 0.2) is 48.8 Å². The Morgan fingerprint density at radius 1 is 1.07 bits per heavy atom. The first-order valence-corrected chi connectivity index (χ1v) is 10.1. The van der Waals surface area contributed by atoms with Crippen molar-refractivity contribution in [2.75, 3.05) is 0 Å². The van der Waals surface area contributed by atoms with Crippen molar-refractivity contribution in [2.45, 2.75) is 46.1 Å². The summed E-state index contributed by atoms with van der Waals surface area (Å²) in [5.41, 5.74) is 4.22. The first kappa shape index (κ1) is 20.1. The highest BCUT2D eigenvalue weighted by molar-refractivity contribution is 6.32. The van der Waals surface area contributed by atoms with Crippen LogP contribution < -0.4 is 5.32 Å². The number of pyridine rings is 1. The molecule has 1 aromatic carbocycles. The van der Waals surface area contributed by atoms with Crippen molar-refractivity contribution in [3.8, 4) is 5.69 Å². The normalized spacial score (nSPS) is 10.8. The fourth-order valence-electron chi connectivity index (χ4n) is 3.24. The molecule has 0 saturated heterocycles. The molecule has 3 aromatic rings. The number of halogens is 1. The number of carbonyl (C=O) groups excluding carboxylic acids is 1. The molecule has 3 rings (SSSR count). The van der Waals surface area contributed by atoms with Crippen LogP contribution in [0, 0.1) is 0 Å². The Morgan fingerprint density at radius 2 is 1.79 bits per heavy atom. The highest BCUT2D eigenvalue weighted by atomic mass is 35.5. The summed E-state index contributed by atoms with van der Waals surface area (Å²) in [6.45, 7) is 4.64. The van der Waals surface area contributed by atoms with Gasteiger partial charge in [-0.1, -0.05) is 50.4 Å². The topological polar surface area (TPSA) is 59.8 Å². The van der Waals surface area contributed by atoms with Crippen LogP contribution in [0.25, 0.3) is 5.69 Å². The zero-order valence-electron chi connectivity index (χ0n) is 16.3. The molecular formula is C22H25ClN4O. The van der Waals surface area contributed by atoms with E-state index in [-0.39, 0.29) is 5.91 Å². The van der Waals surface area contributed by atoms with Crippen molar-refractivity contribution in [1.29, 1.82) is 0 Å². The third-order valence-electron chi connectivity index (χ3n) is 4.54. The lowest BCUT2D eigenvalue weighted by Gasteiger charge is -2.11. The van der Waals surface area contributed by atoms with E-state index in [4.69, 9.17) is 16.7 Å². The largest absolute Gasteiger partial charge is 0.348 e. The van der Waals surface area contributed by atoms with Crippen molar-refractivity contribution in [3.05, 3.63) is 76.3 Å². The van der Waals surface area contributed by atoms with Gasteiger partial charge < -0.3 is 5.32 Å². The summed E-state index contributed by atoms with van der Waals surface area (Å²) in [4.78, 5) is 17.1. The summed E-state index contributed by atoms with van der Waals surface area (Å²) >= 11 is 6.42. The minimum absolute atomic E-state index is 0.0954. The molecule has 5 nitrogen and oxygen atoms in total. The molecule has 2 heterocycles. The van der Waals surface area contributed by atoms with E-state index in [1.165, 1.54) is 0 Å².